The van der Waals surface area contributed by atoms with Crippen molar-refractivity contribution in [2.75, 3.05) is 31.5 Å². The zero-order chi connectivity index (χ0) is 18.1. The number of nitrogens with one attached hydrogen (secondary N) is 1. The van der Waals surface area contributed by atoms with E-state index in [0.717, 1.165) is 12.6 Å². The van der Waals surface area contributed by atoms with Gasteiger partial charge in [0.15, 0.2) is 0 Å². The fraction of sp³-hybridized carbons (Fsp3) is 0.455. The first kappa shape index (κ1) is 17.9. The van der Waals surface area contributed by atoms with Crippen LogP contribution in [0.1, 0.15) is 42.0 Å². The normalized spacial score (nSPS) is 22.8. The molecule has 0 aromatic heterocycles. The lowest BCUT2D eigenvalue weighted by Gasteiger charge is -2.24. The van der Waals surface area contributed by atoms with Crippen LogP contribution in [-0.2, 0) is 0 Å². The van der Waals surface area contributed by atoms with Crippen LogP contribution in [0.2, 0.25) is 0 Å². The van der Waals surface area contributed by atoms with E-state index in [1.165, 1.54) is 53.1 Å². The highest BCUT2D eigenvalue weighted by Crippen LogP contribution is 2.43. The summed E-state index contributed by atoms with van der Waals surface area (Å²) in [5.74, 6) is 0. The minimum Gasteiger partial charge on any atom is -0.315 e. The van der Waals surface area contributed by atoms with Gasteiger partial charge >= 0.3 is 0 Å². The van der Waals surface area contributed by atoms with Crippen molar-refractivity contribution in [2.45, 2.75) is 43.2 Å². The Labute approximate surface area is 161 Å². The predicted octanol–water partition coefficient (Wildman–Crippen LogP) is 4.62. The van der Waals surface area contributed by atoms with Crippen molar-refractivity contribution in [1.29, 1.82) is 0 Å². The van der Waals surface area contributed by atoms with Gasteiger partial charge in [-0.15, -0.1) is 0 Å². The van der Waals surface area contributed by atoms with Gasteiger partial charge in [0, 0.05) is 18.0 Å². The molecule has 1 saturated heterocycles. The zero-order valence-corrected chi connectivity index (χ0v) is 16.9. The van der Waals surface area contributed by atoms with Gasteiger partial charge in [0.2, 0.25) is 0 Å². The number of fused-ring (bicyclic) bond motifs is 2. The Balaban J connectivity index is 1.62. The lowest BCUT2D eigenvalue weighted by molar-refractivity contribution is 0.291. The number of likely N-dealkylation sites (tertiary alicyclic amines) is 1. The van der Waals surface area contributed by atoms with E-state index in [2.05, 4.69) is 78.0 Å². The summed E-state index contributed by atoms with van der Waals surface area (Å²) in [6, 6.07) is 16.7. The summed E-state index contributed by atoms with van der Waals surface area (Å²) in [5, 5.41) is 3.89. The topological polar surface area (TPSA) is 18.5 Å². The van der Waals surface area contributed by atoms with Crippen molar-refractivity contribution < 1.29 is 0 Å². The standard InChI is InChI=1S/C22H29N3S/c1-16-10-11-19-21(15-16)26-25(3)20-9-5-4-8-18(20)22(19)23-13-12-17-7-6-14-24(17)2/h4-5,8-11,15,17,22-23H,6-7,12-14H2,1-3H3/t17-,22?/m0/s1. The van der Waals surface area contributed by atoms with E-state index in [1.54, 1.807) is 0 Å². The molecule has 4 heteroatoms. The Morgan fingerprint density at radius 2 is 1.96 bits per heavy atom. The summed E-state index contributed by atoms with van der Waals surface area (Å²) in [6.07, 6.45) is 3.91. The van der Waals surface area contributed by atoms with Crippen molar-refractivity contribution in [2.24, 2.45) is 0 Å². The van der Waals surface area contributed by atoms with Crippen molar-refractivity contribution in [3.05, 3.63) is 59.2 Å². The van der Waals surface area contributed by atoms with Crippen molar-refractivity contribution in [3.8, 4) is 0 Å². The maximum Gasteiger partial charge on any atom is 0.0609 e. The highest BCUT2D eigenvalue weighted by Gasteiger charge is 2.27. The lowest BCUT2D eigenvalue weighted by atomic mass is 9.96. The molecule has 2 aromatic carbocycles. The molecular weight excluding hydrogens is 338 g/mol. The molecule has 0 bridgehead atoms. The molecular formula is C22H29N3S. The average Bonchev–Trinajstić information content (AvgIpc) is 3.00. The van der Waals surface area contributed by atoms with Crippen LogP contribution in [0.15, 0.2) is 47.4 Å². The lowest BCUT2D eigenvalue weighted by Crippen LogP contribution is -2.31. The molecule has 0 radical (unpaired) electrons. The SMILES string of the molecule is Cc1ccc2c(c1)SN(C)c1ccccc1C2NCC[C@@H]1CCCN1C. The molecule has 1 N–H and O–H groups in total. The summed E-state index contributed by atoms with van der Waals surface area (Å²) in [5.41, 5.74) is 5.41. The quantitative estimate of drug-likeness (QED) is 0.795. The number of para-hydroxylation sites is 1. The van der Waals surface area contributed by atoms with Gasteiger partial charge in [-0.2, -0.15) is 0 Å². The van der Waals surface area contributed by atoms with Crippen LogP contribution in [0.5, 0.6) is 0 Å². The summed E-state index contributed by atoms with van der Waals surface area (Å²) in [4.78, 5) is 3.88. The predicted molar refractivity (Wildman–Crippen MR) is 112 cm³/mol. The first-order chi connectivity index (χ1) is 12.6. The van der Waals surface area contributed by atoms with Crippen LogP contribution in [0, 0.1) is 6.92 Å². The third-order valence-corrected chi connectivity index (χ3v) is 6.82. The minimum absolute atomic E-state index is 0.256. The summed E-state index contributed by atoms with van der Waals surface area (Å²) < 4.78 is 2.31. The molecule has 2 atom stereocenters. The molecule has 1 unspecified atom stereocenters. The van der Waals surface area contributed by atoms with Gasteiger partial charge in [0.25, 0.3) is 0 Å². The van der Waals surface area contributed by atoms with Crippen molar-refractivity contribution in [1.82, 2.24) is 10.2 Å². The first-order valence-electron chi connectivity index (χ1n) is 9.68. The van der Waals surface area contributed by atoms with Crippen LogP contribution >= 0.6 is 11.9 Å². The summed E-state index contributed by atoms with van der Waals surface area (Å²) in [6.45, 7) is 4.48. The highest BCUT2D eigenvalue weighted by molar-refractivity contribution is 8.00. The number of benzene rings is 2. The third-order valence-electron chi connectivity index (χ3n) is 5.80. The maximum absolute atomic E-state index is 3.89. The van der Waals surface area contributed by atoms with Crippen molar-refractivity contribution in [3.63, 3.8) is 0 Å². The molecule has 2 heterocycles. The van der Waals surface area contributed by atoms with Gasteiger partial charge in [-0.05, 0) is 87.1 Å². The van der Waals surface area contributed by atoms with E-state index < -0.39 is 0 Å². The Bertz CT molecular complexity index is 776. The van der Waals surface area contributed by atoms with Crippen LogP contribution in [0.3, 0.4) is 0 Å². The number of rotatable bonds is 4. The molecule has 2 aromatic rings. The molecule has 26 heavy (non-hydrogen) atoms. The van der Waals surface area contributed by atoms with E-state index in [9.17, 15) is 0 Å². The zero-order valence-electron chi connectivity index (χ0n) is 16.0. The smallest absolute Gasteiger partial charge is 0.0609 e. The van der Waals surface area contributed by atoms with Crippen molar-refractivity contribution >= 4 is 17.6 Å². The molecule has 3 nitrogen and oxygen atoms in total. The Morgan fingerprint density at radius 3 is 2.77 bits per heavy atom. The molecule has 0 spiro atoms. The maximum atomic E-state index is 3.89. The molecule has 2 aliphatic rings. The van der Waals surface area contributed by atoms with Gasteiger partial charge in [-0.1, -0.05) is 30.3 Å². The minimum atomic E-state index is 0.256. The van der Waals surface area contributed by atoms with Crippen LogP contribution in [-0.4, -0.2) is 38.1 Å². The second kappa shape index (κ2) is 7.63. The molecule has 4 rings (SSSR count). The summed E-state index contributed by atoms with van der Waals surface area (Å²) in [7, 11) is 4.44. The molecule has 0 amide bonds. The average molecular weight is 368 g/mol. The molecule has 2 aliphatic heterocycles. The van der Waals surface area contributed by atoms with Crippen LogP contribution < -0.4 is 9.62 Å². The molecule has 0 aliphatic carbocycles. The molecule has 1 fully saturated rings. The Morgan fingerprint density at radius 1 is 1.12 bits per heavy atom. The van der Waals surface area contributed by atoms with Crippen LogP contribution in [0.25, 0.3) is 0 Å². The van der Waals surface area contributed by atoms with E-state index in [-0.39, 0.29) is 6.04 Å². The Kier molecular flexibility index (Phi) is 5.25. The largest absolute Gasteiger partial charge is 0.315 e. The van der Waals surface area contributed by atoms with Gasteiger partial charge in [-0.25, -0.2) is 0 Å². The van der Waals surface area contributed by atoms with E-state index in [0.29, 0.717) is 0 Å². The third kappa shape index (κ3) is 3.51. The number of hydrogen-bond donors (Lipinski definition) is 1. The second-order valence-corrected chi connectivity index (χ2v) is 8.81. The highest BCUT2D eigenvalue weighted by atomic mass is 32.2. The van der Waals surface area contributed by atoms with Gasteiger partial charge in [-0.3, -0.25) is 0 Å². The fourth-order valence-electron chi connectivity index (χ4n) is 4.30. The molecule has 138 valence electrons. The fourth-order valence-corrected chi connectivity index (χ4v) is 5.39. The number of aryl methyl sites for hydroxylation is 1. The first-order valence-corrected chi connectivity index (χ1v) is 10.5. The number of hydrogen-bond acceptors (Lipinski definition) is 4. The number of nitrogens with zero attached hydrogens (tertiary/aromatic N) is 2. The van der Waals surface area contributed by atoms with E-state index in [1.807, 2.05) is 11.9 Å². The van der Waals surface area contributed by atoms with E-state index in [4.69, 9.17) is 0 Å². The van der Waals surface area contributed by atoms with Crippen LogP contribution in [0.4, 0.5) is 5.69 Å². The van der Waals surface area contributed by atoms with Gasteiger partial charge in [0.05, 0.1) is 11.7 Å². The van der Waals surface area contributed by atoms with Gasteiger partial charge in [0.1, 0.15) is 0 Å². The molecule has 0 saturated carbocycles. The summed E-state index contributed by atoms with van der Waals surface area (Å²) >= 11 is 1.84. The van der Waals surface area contributed by atoms with E-state index >= 15 is 0 Å². The number of anilines is 1. The Hall–Kier alpha value is -1.49. The monoisotopic (exact) mass is 367 g/mol. The second-order valence-electron chi connectivity index (χ2n) is 7.64. The van der Waals surface area contributed by atoms with Gasteiger partial charge < -0.3 is 14.5 Å².